The topological polar surface area (TPSA) is 75.4 Å². The van der Waals surface area contributed by atoms with Crippen LogP contribution < -0.4 is 0 Å². The summed E-state index contributed by atoms with van der Waals surface area (Å²) in [5.74, 6) is -1.13. The molecule has 0 spiro atoms. The minimum Gasteiger partial charge on any atom is -0.481 e. The number of para-hydroxylation sites is 1. The van der Waals surface area contributed by atoms with Gasteiger partial charge in [0.25, 0.3) is 0 Å². The number of carbonyl (C=O) groups is 2. The average molecular weight is 448 g/mol. The molecule has 4 rings (SSSR count). The van der Waals surface area contributed by atoms with Gasteiger partial charge in [0.1, 0.15) is 5.65 Å². The quantitative estimate of drug-likeness (QED) is 0.533. The minimum absolute atomic E-state index is 0.170. The van der Waals surface area contributed by atoms with Crippen LogP contribution in [-0.2, 0) is 16.1 Å². The Morgan fingerprint density at radius 1 is 1.18 bits per heavy atom. The van der Waals surface area contributed by atoms with E-state index in [1.807, 2.05) is 86.7 Å². The lowest BCUT2D eigenvalue weighted by Gasteiger charge is -2.26. The number of carboxylic acids is 1. The molecule has 2 aromatic heterocycles. The van der Waals surface area contributed by atoms with Crippen LogP contribution in [0.5, 0.6) is 0 Å². The van der Waals surface area contributed by atoms with E-state index in [-0.39, 0.29) is 11.8 Å². The van der Waals surface area contributed by atoms with Crippen LogP contribution in [0.2, 0.25) is 0 Å². The first kappa shape index (κ1) is 23.0. The summed E-state index contributed by atoms with van der Waals surface area (Å²) in [5.41, 5.74) is 3.84. The SMILES string of the molecule is CCN(Cc1ccccc1-n1cc(C(C(=O)O)C(C)(C)C)c2ccc(C)nc21)C(=O)C1CC1. The molecule has 33 heavy (non-hydrogen) atoms. The van der Waals surface area contributed by atoms with E-state index in [0.29, 0.717) is 13.1 Å². The zero-order valence-electron chi connectivity index (χ0n) is 20.1. The number of hydrogen-bond donors (Lipinski definition) is 1. The van der Waals surface area contributed by atoms with Gasteiger partial charge in [-0.2, -0.15) is 0 Å². The lowest BCUT2D eigenvalue weighted by molar-refractivity contribution is -0.141. The monoisotopic (exact) mass is 447 g/mol. The fourth-order valence-corrected chi connectivity index (χ4v) is 4.62. The molecule has 1 saturated carbocycles. The van der Waals surface area contributed by atoms with Crippen LogP contribution >= 0.6 is 0 Å². The first-order valence-corrected chi connectivity index (χ1v) is 11.7. The maximum atomic E-state index is 12.8. The summed E-state index contributed by atoms with van der Waals surface area (Å²) < 4.78 is 2.00. The number of carboxylic acid groups (broad SMARTS) is 1. The minimum atomic E-state index is -0.845. The number of fused-ring (bicyclic) bond motifs is 1. The van der Waals surface area contributed by atoms with E-state index in [2.05, 4.69) is 0 Å². The van der Waals surface area contributed by atoms with Crippen molar-refractivity contribution in [1.29, 1.82) is 0 Å². The van der Waals surface area contributed by atoms with E-state index in [1.165, 1.54) is 0 Å². The van der Waals surface area contributed by atoms with E-state index in [4.69, 9.17) is 4.98 Å². The van der Waals surface area contributed by atoms with Crippen molar-refractivity contribution in [2.24, 2.45) is 11.3 Å². The lowest BCUT2D eigenvalue weighted by atomic mass is 9.76. The van der Waals surface area contributed by atoms with E-state index < -0.39 is 17.3 Å². The molecule has 1 aliphatic carbocycles. The van der Waals surface area contributed by atoms with Crippen molar-refractivity contribution in [2.75, 3.05) is 6.54 Å². The van der Waals surface area contributed by atoms with Crippen molar-refractivity contribution in [1.82, 2.24) is 14.5 Å². The van der Waals surface area contributed by atoms with Crippen molar-refractivity contribution in [3.8, 4) is 5.69 Å². The molecule has 1 fully saturated rings. The highest BCUT2D eigenvalue weighted by Gasteiger charge is 2.36. The molecule has 1 unspecified atom stereocenters. The Kier molecular flexibility index (Phi) is 6.04. The largest absolute Gasteiger partial charge is 0.481 e. The van der Waals surface area contributed by atoms with Crippen molar-refractivity contribution in [2.45, 2.75) is 59.9 Å². The summed E-state index contributed by atoms with van der Waals surface area (Å²) in [7, 11) is 0. The Morgan fingerprint density at radius 2 is 1.88 bits per heavy atom. The highest BCUT2D eigenvalue weighted by atomic mass is 16.4. The summed E-state index contributed by atoms with van der Waals surface area (Å²) in [6.45, 7) is 11.0. The van der Waals surface area contributed by atoms with Gasteiger partial charge in [-0.25, -0.2) is 4.98 Å². The Bertz CT molecular complexity index is 1200. The number of benzene rings is 1. The van der Waals surface area contributed by atoms with Gasteiger partial charge >= 0.3 is 5.97 Å². The van der Waals surface area contributed by atoms with E-state index >= 15 is 0 Å². The fourth-order valence-electron chi connectivity index (χ4n) is 4.62. The number of aliphatic carboxylic acids is 1. The van der Waals surface area contributed by atoms with E-state index in [9.17, 15) is 14.7 Å². The Labute approximate surface area is 195 Å². The van der Waals surface area contributed by atoms with Crippen LogP contribution in [0, 0.1) is 18.3 Å². The number of hydrogen-bond acceptors (Lipinski definition) is 3. The lowest BCUT2D eigenvalue weighted by Crippen LogP contribution is -2.31. The van der Waals surface area contributed by atoms with Gasteiger partial charge in [-0.05, 0) is 61.4 Å². The molecule has 6 nitrogen and oxygen atoms in total. The van der Waals surface area contributed by atoms with Gasteiger partial charge in [0.05, 0.1) is 11.6 Å². The maximum absolute atomic E-state index is 12.8. The van der Waals surface area contributed by atoms with Gasteiger partial charge in [0, 0.05) is 36.3 Å². The highest BCUT2D eigenvalue weighted by molar-refractivity contribution is 5.90. The van der Waals surface area contributed by atoms with Gasteiger partial charge in [-0.15, -0.1) is 0 Å². The molecule has 174 valence electrons. The van der Waals surface area contributed by atoms with Crippen molar-refractivity contribution in [3.63, 3.8) is 0 Å². The molecule has 1 aliphatic rings. The zero-order chi connectivity index (χ0) is 23.9. The molecule has 0 bridgehead atoms. The molecular weight excluding hydrogens is 414 g/mol. The molecule has 1 aromatic carbocycles. The highest BCUT2D eigenvalue weighted by Crippen LogP contribution is 2.40. The molecule has 1 N–H and O–H groups in total. The molecule has 0 radical (unpaired) electrons. The third kappa shape index (κ3) is 4.52. The summed E-state index contributed by atoms with van der Waals surface area (Å²) in [5, 5.41) is 11.0. The van der Waals surface area contributed by atoms with Crippen LogP contribution in [0.4, 0.5) is 0 Å². The summed E-state index contributed by atoms with van der Waals surface area (Å²) >= 11 is 0. The Balaban J connectivity index is 1.87. The number of carbonyl (C=O) groups excluding carboxylic acids is 1. The molecule has 3 aromatic rings. The van der Waals surface area contributed by atoms with Crippen molar-refractivity contribution < 1.29 is 14.7 Å². The summed E-state index contributed by atoms with van der Waals surface area (Å²) in [4.78, 5) is 31.8. The maximum Gasteiger partial charge on any atom is 0.311 e. The predicted molar refractivity (Wildman–Crippen MR) is 129 cm³/mol. The Morgan fingerprint density at radius 3 is 2.48 bits per heavy atom. The number of aromatic nitrogens is 2. The molecule has 6 heteroatoms. The molecule has 1 atom stereocenters. The molecule has 2 heterocycles. The molecule has 0 saturated heterocycles. The number of amides is 1. The molecule has 0 aliphatic heterocycles. The smallest absolute Gasteiger partial charge is 0.311 e. The third-order valence-corrected chi connectivity index (χ3v) is 6.48. The van der Waals surface area contributed by atoms with Gasteiger partial charge in [-0.3, -0.25) is 9.59 Å². The predicted octanol–water partition coefficient (Wildman–Crippen LogP) is 5.31. The Hall–Kier alpha value is -3.15. The second-order valence-corrected chi connectivity index (χ2v) is 10.2. The summed E-state index contributed by atoms with van der Waals surface area (Å²) in [6.07, 6.45) is 3.89. The van der Waals surface area contributed by atoms with E-state index in [1.54, 1.807) is 0 Å². The summed E-state index contributed by atoms with van der Waals surface area (Å²) in [6, 6.07) is 11.9. The average Bonchev–Trinajstić information content (AvgIpc) is 3.54. The number of pyridine rings is 1. The van der Waals surface area contributed by atoms with Gasteiger partial charge < -0.3 is 14.6 Å². The second kappa shape index (κ2) is 8.65. The van der Waals surface area contributed by atoms with Gasteiger partial charge in [0.2, 0.25) is 5.91 Å². The number of aryl methyl sites for hydroxylation is 1. The second-order valence-electron chi connectivity index (χ2n) is 10.2. The third-order valence-electron chi connectivity index (χ3n) is 6.48. The normalized spacial score (nSPS) is 14.9. The van der Waals surface area contributed by atoms with Crippen LogP contribution in [0.3, 0.4) is 0 Å². The zero-order valence-corrected chi connectivity index (χ0v) is 20.1. The molecular formula is C27H33N3O3. The van der Waals surface area contributed by atoms with Gasteiger partial charge in [-0.1, -0.05) is 39.0 Å². The van der Waals surface area contributed by atoms with Gasteiger partial charge in [0.15, 0.2) is 0 Å². The molecule has 1 amide bonds. The van der Waals surface area contributed by atoms with E-state index in [0.717, 1.165) is 46.4 Å². The van der Waals surface area contributed by atoms with Crippen molar-refractivity contribution >= 4 is 22.9 Å². The van der Waals surface area contributed by atoms with Crippen LogP contribution in [0.15, 0.2) is 42.6 Å². The van der Waals surface area contributed by atoms with Crippen LogP contribution in [0.1, 0.15) is 63.3 Å². The standard InChI is InChI=1S/C27H33N3O3/c1-6-29(25(31)18-12-13-18)15-19-9-7-8-10-22(19)30-16-21(23(26(32)33)27(3,4)5)20-14-11-17(2)28-24(20)30/h7-11,14,16,18,23H,6,12-13,15H2,1-5H3,(H,32,33). The van der Waals surface area contributed by atoms with Crippen molar-refractivity contribution in [3.05, 3.63) is 59.4 Å². The first-order valence-electron chi connectivity index (χ1n) is 11.7. The van der Waals surface area contributed by atoms with Crippen LogP contribution in [0.25, 0.3) is 16.7 Å². The fraction of sp³-hybridized carbons (Fsp3) is 0.444. The number of nitrogens with zero attached hydrogens (tertiary/aromatic N) is 3. The first-order chi connectivity index (χ1) is 15.6. The number of rotatable bonds is 7. The van der Waals surface area contributed by atoms with Crippen LogP contribution in [-0.4, -0.2) is 38.0 Å².